The lowest BCUT2D eigenvalue weighted by Crippen LogP contribution is -2.46. The quantitative estimate of drug-likeness (QED) is 0.815. The van der Waals surface area contributed by atoms with E-state index in [0.29, 0.717) is 6.42 Å². The molecular weight excluding hydrogens is 274 g/mol. The minimum atomic E-state index is 0.122. The number of carbonyl (C=O) groups is 1. The second kappa shape index (κ2) is 6.13. The van der Waals surface area contributed by atoms with Crippen LogP contribution < -0.4 is 10.6 Å². The Bertz CT molecular complexity index is 696. The molecule has 0 bridgehead atoms. The third-order valence-electron chi connectivity index (χ3n) is 4.57. The fourth-order valence-electron chi connectivity index (χ4n) is 3.48. The summed E-state index contributed by atoms with van der Waals surface area (Å²) in [5.41, 5.74) is 5.86. The molecule has 4 nitrogen and oxygen atoms in total. The van der Waals surface area contributed by atoms with Gasteiger partial charge in [-0.25, -0.2) is 0 Å². The van der Waals surface area contributed by atoms with Gasteiger partial charge in [0.2, 0.25) is 5.91 Å². The van der Waals surface area contributed by atoms with Gasteiger partial charge in [0.05, 0.1) is 6.42 Å². The number of aromatic amines is 1. The van der Waals surface area contributed by atoms with Crippen LogP contribution in [0.5, 0.6) is 0 Å². The molecule has 1 unspecified atom stereocenters. The van der Waals surface area contributed by atoms with Crippen molar-refractivity contribution in [1.29, 1.82) is 0 Å². The molecule has 3 N–H and O–H groups in total. The first-order chi connectivity index (χ1) is 10.5. The maximum atomic E-state index is 12.4. The van der Waals surface area contributed by atoms with Gasteiger partial charge in [0, 0.05) is 29.2 Å². The van der Waals surface area contributed by atoms with Crippen LogP contribution in [0.1, 0.15) is 35.2 Å². The molecule has 4 heteroatoms. The molecule has 1 amide bonds. The third kappa shape index (κ3) is 3.02. The molecule has 1 saturated heterocycles. The van der Waals surface area contributed by atoms with Crippen molar-refractivity contribution < 1.29 is 4.79 Å². The molecule has 1 aromatic carbocycles. The normalized spacial score (nSPS) is 18.6. The van der Waals surface area contributed by atoms with Crippen molar-refractivity contribution >= 4 is 16.8 Å². The van der Waals surface area contributed by atoms with E-state index in [-0.39, 0.29) is 11.9 Å². The minimum Gasteiger partial charge on any atom is -0.358 e. The fourth-order valence-corrected chi connectivity index (χ4v) is 3.48. The number of carbonyl (C=O) groups excluding carboxylic acids is 1. The van der Waals surface area contributed by atoms with Gasteiger partial charge in [-0.05, 0) is 57.4 Å². The molecule has 22 heavy (non-hydrogen) atoms. The number of aromatic nitrogens is 1. The lowest BCUT2D eigenvalue weighted by atomic mass is 10.0. The summed E-state index contributed by atoms with van der Waals surface area (Å²) >= 11 is 0. The second-order valence-electron chi connectivity index (χ2n) is 6.52. The number of hydrogen-bond acceptors (Lipinski definition) is 2. The van der Waals surface area contributed by atoms with Crippen LogP contribution in [0.3, 0.4) is 0 Å². The van der Waals surface area contributed by atoms with Gasteiger partial charge in [-0.2, -0.15) is 0 Å². The predicted octanol–water partition coefficient (Wildman–Crippen LogP) is 2.50. The standard InChI is InChI=1S/C18H25N3O/c1-11-7-12(2)18-16(8-11)15(13(3)20-18)9-17(22)21-14-5-4-6-19-10-14/h7-8,14,19-20H,4-6,9-10H2,1-3H3,(H,21,22). The molecule has 3 rings (SSSR count). The number of H-pyrrole nitrogens is 1. The van der Waals surface area contributed by atoms with Gasteiger partial charge < -0.3 is 15.6 Å². The lowest BCUT2D eigenvalue weighted by molar-refractivity contribution is -0.121. The first kappa shape index (κ1) is 15.1. The molecule has 1 aliphatic rings. The summed E-state index contributed by atoms with van der Waals surface area (Å²) in [6.45, 7) is 8.22. The van der Waals surface area contributed by atoms with Gasteiger partial charge in [0.1, 0.15) is 0 Å². The summed E-state index contributed by atoms with van der Waals surface area (Å²) < 4.78 is 0. The van der Waals surface area contributed by atoms with Gasteiger partial charge in [-0.1, -0.05) is 11.6 Å². The summed E-state index contributed by atoms with van der Waals surface area (Å²) in [6, 6.07) is 4.63. The van der Waals surface area contributed by atoms with E-state index in [1.807, 2.05) is 0 Å². The monoisotopic (exact) mass is 299 g/mol. The Balaban J connectivity index is 1.81. The summed E-state index contributed by atoms with van der Waals surface area (Å²) in [4.78, 5) is 15.8. The molecule has 1 aliphatic heterocycles. The molecule has 0 saturated carbocycles. The Morgan fingerprint density at radius 3 is 2.86 bits per heavy atom. The maximum Gasteiger partial charge on any atom is 0.224 e. The van der Waals surface area contributed by atoms with Crippen LogP contribution in [0.2, 0.25) is 0 Å². The number of benzene rings is 1. The molecule has 118 valence electrons. The van der Waals surface area contributed by atoms with Crippen LogP contribution in [0, 0.1) is 20.8 Å². The van der Waals surface area contributed by atoms with E-state index in [2.05, 4.69) is 48.5 Å². The Labute approximate surface area is 131 Å². The van der Waals surface area contributed by atoms with E-state index in [4.69, 9.17) is 0 Å². The number of amides is 1. The van der Waals surface area contributed by atoms with E-state index in [0.717, 1.165) is 42.7 Å². The van der Waals surface area contributed by atoms with E-state index in [1.54, 1.807) is 0 Å². The zero-order valence-corrected chi connectivity index (χ0v) is 13.7. The van der Waals surface area contributed by atoms with Crippen molar-refractivity contribution in [2.45, 2.75) is 46.1 Å². The van der Waals surface area contributed by atoms with Crippen LogP contribution in [-0.4, -0.2) is 30.0 Å². The molecule has 1 atom stereocenters. The highest BCUT2D eigenvalue weighted by atomic mass is 16.1. The number of aryl methyl sites for hydroxylation is 3. The van der Waals surface area contributed by atoms with Gasteiger partial charge >= 0.3 is 0 Å². The van der Waals surface area contributed by atoms with Crippen LogP contribution in [0.4, 0.5) is 0 Å². The van der Waals surface area contributed by atoms with Gasteiger partial charge in [0.25, 0.3) is 0 Å². The second-order valence-corrected chi connectivity index (χ2v) is 6.52. The fraction of sp³-hybridized carbons (Fsp3) is 0.500. The Morgan fingerprint density at radius 1 is 1.32 bits per heavy atom. The largest absolute Gasteiger partial charge is 0.358 e. The predicted molar refractivity (Wildman–Crippen MR) is 90.2 cm³/mol. The Kier molecular flexibility index (Phi) is 4.21. The average Bonchev–Trinajstić information content (AvgIpc) is 2.77. The van der Waals surface area contributed by atoms with Crippen LogP contribution in [0.25, 0.3) is 10.9 Å². The lowest BCUT2D eigenvalue weighted by Gasteiger charge is -2.23. The van der Waals surface area contributed by atoms with E-state index in [1.165, 1.54) is 16.5 Å². The number of nitrogens with one attached hydrogen (secondary N) is 3. The summed E-state index contributed by atoms with van der Waals surface area (Å²) in [7, 11) is 0. The molecule has 1 aromatic heterocycles. The summed E-state index contributed by atoms with van der Waals surface area (Å²) in [6.07, 6.45) is 2.66. The highest BCUT2D eigenvalue weighted by molar-refractivity contribution is 5.92. The SMILES string of the molecule is Cc1cc(C)c2[nH]c(C)c(CC(=O)NC3CCCNC3)c2c1. The van der Waals surface area contributed by atoms with Gasteiger partial charge in [-0.3, -0.25) is 4.79 Å². The number of piperidine rings is 1. The van der Waals surface area contributed by atoms with Crippen molar-refractivity contribution in [3.05, 3.63) is 34.5 Å². The van der Waals surface area contributed by atoms with Crippen molar-refractivity contribution in [1.82, 2.24) is 15.6 Å². The van der Waals surface area contributed by atoms with Crippen molar-refractivity contribution in [3.63, 3.8) is 0 Å². The van der Waals surface area contributed by atoms with Crippen LogP contribution in [0.15, 0.2) is 12.1 Å². The maximum absolute atomic E-state index is 12.4. The first-order valence-electron chi connectivity index (χ1n) is 8.13. The summed E-state index contributed by atoms with van der Waals surface area (Å²) in [5.74, 6) is 0.122. The third-order valence-corrected chi connectivity index (χ3v) is 4.57. The molecule has 1 fully saturated rings. The smallest absolute Gasteiger partial charge is 0.224 e. The molecule has 0 aliphatic carbocycles. The molecule has 0 radical (unpaired) electrons. The number of hydrogen-bond donors (Lipinski definition) is 3. The van der Waals surface area contributed by atoms with Crippen molar-refractivity contribution in [2.75, 3.05) is 13.1 Å². The summed E-state index contributed by atoms with van der Waals surface area (Å²) in [5, 5.41) is 7.68. The number of fused-ring (bicyclic) bond motifs is 1. The molecule has 0 spiro atoms. The highest BCUT2D eigenvalue weighted by Gasteiger charge is 2.18. The zero-order chi connectivity index (χ0) is 15.7. The molecule has 2 heterocycles. The van der Waals surface area contributed by atoms with Gasteiger partial charge in [-0.15, -0.1) is 0 Å². The van der Waals surface area contributed by atoms with Crippen molar-refractivity contribution in [3.8, 4) is 0 Å². The number of rotatable bonds is 3. The highest BCUT2D eigenvalue weighted by Crippen LogP contribution is 2.26. The van der Waals surface area contributed by atoms with E-state index in [9.17, 15) is 4.79 Å². The first-order valence-corrected chi connectivity index (χ1v) is 8.13. The van der Waals surface area contributed by atoms with Gasteiger partial charge in [0.15, 0.2) is 0 Å². The van der Waals surface area contributed by atoms with Crippen LogP contribution >= 0.6 is 0 Å². The Hall–Kier alpha value is -1.81. The van der Waals surface area contributed by atoms with E-state index < -0.39 is 0 Å². The van der Waals surface area contributed by atoms with Crippen LogP contribution in [-0.2, 0) is 11.2 Å². The van der Waals surface area contributed by atoms with E-state index >= 15 is 0 Å². The zero-order valence-electron chi connectivity index (χ0n) is 13.7. The average molecular weight is 299 g/mol. The topological polar surface area (TPSA) is 56.9 Å². The minimum absolute atomic E-state index is 0.122. The molecular formula is C18H25N3O. The van der Waals surface area contributed by atoms with Crippen molar-refractivity contribution in [2.24, 2.45) is 0 Å². The Morgan fingerprint density at radius 2 is 2.14 bits per heavy atom. The molecule has 2 aromatic rings.